The van der Waals surface area contributed by atoms with Crippen LogP contribution in [0.3, 0.4) is 0 Å². The number of thioether (sulfide) groups is 2. The van der Waals surface area contributed by atoms with Crippen LogP contribution >= 0.6 is 23.5 Å². The van der Waals surface area contributed by atoms with E-state index in [1.165, 1.54) is 23.5 Å². The van der Waals surface area contributed by atoms with Crippen molar-refractivity contribution in [3.8, 4) is 17.1 Å². The van der Waals surface area contributed by atoms with Crippen LogP contribution in [0.2, 0.25) is 0 Å². The van der Waals surface area contributed by atoms with Crippen LogP contribution in [0.4, 0.5) is 5.69 Å². The van der Waals surface area contributed by atoms with Gasteiger partial charge < -0.3 is 10.1 Å². The zero-order valence-electron chi connectivity index (χ0n) is 18.4. The lowest BCUT2D eigenvalue weighted by molar-refractivity contribution is -0.144. The van der Waals surface area contributed by atoms with Crippen molar-refractivity contribution in [2.24, 2.45) is 0 Å². The molecular weight excluding hydrogens is 468 g/mol. The van der Waals surface area contributed by atoms with E-state index < -0.39 is 11.9 Å². The number of amides is 1. The van der Waals surface area contributed by atoms with Gasteiger partial charge in [-0.2, -0.15) is 0 Å². The number of carbonyl (C=O) groups excluding carboxylic acids is 2. The number of anilines is 1. The van der Waals surface area contributed by atoms with Gasteiger partial charge in [-0.3, -0.25) is 14.2 Å². The molecule has 0 bridgehead atoms. The first-order valence-corrected chi connectivity index (χ1v) is 12.6. The fourth-order valence-electron chi connectivity index (χ4n) is 3.19. The number of nitrogens with zero attached hydrogens (tertiary/aromatic N) is 3. The van der Waals surface area contributed by atoms with Gasteiger partial charge in [0.05, 0.1) is 11.4 Å². The minimum Gasteiger partial charge on any atom is -0.455 e. The van der Waals surface area contributed by atoms with E-state index in [0.29, 0.717) is 16.7 Å². The molecule has 3 aromatic carbocycles. The SMILES string of the molecule is CSc1ccccc1NC(=O)COC(=O)CSc1nnc(-c2ccccc2)n1-c1ccccc1. The van der Waals surface area contributed by atoms with Crippen LogP contribution in [-0.2, 0) is 14.3 Å². The average molecular weight is 491 g/mol. The van der Waals surface area contributed by atoms with Gasteiger partial charge in [0.2, 0.25) is 0 Å². The first-order chi connectivity index (χ1) is 16.7. The number of nitrogens with one attached hydrogen (secondary N) is 1. The van der Waals surface area contributed by atoms with Crippen LogP contribution in [0.15, 0.2) is 95.0 Å². The summed E-state index contributed by atoms with van der Waals surface area (Å²) >= 11 is 2.73. The van der Waals surface area contributed by atoms with Crippen LogP contribution in [0.5, 0.6) is 0 Å². The van der Waals surface area contributed by atoms with E-state index >= 15 is 0 Å². The maximum atomic E-state index is 12.3. The molecule has 0 saturated carbocycles. The van der Waals surface area contributed by atoms with Crippen LogP contribution in [0.25, 0.3) is 17.1 Å². The molecule has 0 spiro atoms. The fraction of sp³-hybridized carbons (Fsp3) is 0.120. The second kappa shape index (κ2) is 11.5. The molecular formula is C25H22N4O3S2. The van der Waals surface area contributed by atoms with E-state index in [1.807, 2.05) is 95.8 Å². The molecule has 7 nitrogen and oxygen atoms in total. The molecule has 0 radical (unpaired) electrons. The molecule has 0 atom stereocenters. The molecule has 0 saturated heterocycles. The van der Waals surface area contributed by atoms with Crippen molar-refractivity contribution in [3.05, 3.63) is 84.9 Å². The van der Waals surface area contributed by atoms with Gasteiger partial charge in [-0.05, 0) is 30.5 Å². The summed E-state index contributed by atoms with van der Waals surface area (Å²) in [6.45, 7) is -0.358. The highest BCUT2D eigenvalue weighted by molar-refractivity contribution is 7.99. The Morgan fingerprint density at radius 3 is 2.32 bits per heavy atom. The number of esters is 1. The minimum absolute atomic E-state index is 0.00552. The molecule has 34 heavy (non-hydrogen) atoms. The Morgan fingerprint density at radius 2 is 1.59 bits per heavy atom. The topological polar surface area (TPSA) is 86.1 Å². The molecule has 1 N–H and O–H groups in total. The molecule has 172 valence electrons. The van der Waals surface area contributed by atoms with Crippen molar-refractivity contribution in [1.29, 1.82) is 0 Å². The Balaban J connectivity index is 1.40. The lowest BCUT2D eigenvalue weighted by Crippen LogP contribution is -2.22. The third kappa shape index (κ3) is 5.86. The van der Waals surface area contributed by atoms with Crippen molar-refractivity contribution in [2.75, 3.05) is 23.9 Å². The minimum atomic E-state index is -0.512. The van der Waals surface area contributed by atoms with Crippen LogP contribution in [-0.4, -0.2) is 45.3 Å². The molecule has 0 aliphatic heterocycles. The zero-order valence-corrected chi connectivity index (χ0v) is 20.0. The van der Waals surface area contributed by atoms with Gasteiger partial charge >= 0.3 is 5.97 Å². The van der Waals surface area contributed by atoms with Crippen LogP contribution in [0.1, 0.15) is 0 Å². The normalized spacial score (nSPS) is 10.6. The molecule has 0 aliphatic carbocycles. The molecule has 0 fully saturated rings. The first kappa shape index (κ1) is 23.6. The Morgan fingerprint density at radius 1 is 0.912 bits per heavy atom. The summed E-state index contributed by atoms with van der Waals surface area (Å²) in [5.41, 5.74) is 2.49. The third-order valence-electron chi connectivity index (χ3n) is 4.74. The highest BCUT2D eigenvalue weighted by Gasteiger charge is 2.18. The predicted molar refractivity (Wildman–Crippen MR) is 135 cm³/mol. The number of hydrogen-bond donors (Lipinski definition) is 1. The molecule has 0 aliphatic rings. The zero-order chi connectivity index (χ0) is 23.8. The van der Waals surface area contributed by atoms with Crippen molar-refractivity contribution >= 4 is 41.1 Å². The first-order valence-electron chi connectivity index (χ1n) is 10.4. The number of aromatic nitrogens is 3. The van der Waals surface area contributed by atoms with Gasteiger partial charge in [0.1, 0.15) is 0 Å². The second-order valence-electron chi connectivity index (χ2n) is 7.04. The van der Waals surface area contributed by atoms with E-state index in [1.54, 1.807) is 0 Å². The lowest BCUT2D eigenvalue weighted by atomic mass is 10.2. The third-order valence-corrected chi connectivity index (χ3v) is 6.44. The Labute approximate surface area is 205 Å². The number of carbonyl (C=O) groups is 2. The summed E-state index contributed by atoms with van der Waals surface area (Å²) in [6.07, 6.45) is 1.93. The van der Waals surface area contributed by atoms with Gasteiger partial charge in [-0.25, -0.2) is 0 Å². The Hall–Kier alpha value is -3.56. The van der Waals surface area contributed by atoms with E-state index in [0.717, 1.165) is 16.1 Å². The molecule has 1 heterocycles. The van der Waals surface area contributed by atoms with Crippen LogP contribution in [0, 0.1) is 0 Å². The molecule has 1 aromatic heterocycles. The average Bonchev–Trinajstić information content (AvgIpc) is 3.31. The molecule has 4 rings (SSSR count). The molecule has 0 unspecified atom stereocenters. The highest BCUT2D eigenvalue weighted by Crippen LogP contribution is 2.28. The van der Waals surface area contributed by atoms with Crippen molar-refractivity contribution in [3.63, 3.8) is 0 Å². The fourth-order valence-corrected chi connectivity index (χ4v) is 4.50. The van der Waals surface area contributed by atoms with Crippen molar-refractivity contribution in [2.45, 2.75) is 10.1 Å². The number of hydrogen-bond acceptors (Lipinski definition) is 7. The number of ether oxygens (including phenoxy) is 1. The van der Waals surface area contributed by atoms with Gasteiger partial charge in [-0.15, -0.1) is 22.0 Å². The second-order valence-corrected chi connectivity index (χ2v) is 8.83. The summed E-state index contributed by atoms with van der Waals surface area (Å²) in [7, 11) is 0. The largest absolute Gasteiger partial charge is 0.455 e. The van der Waals surface area contributed by atoms with Crippen LogP contribution < -0.4 is 5.32 Å². The van der Waals surface area contributed by atoms with Crippen molar-refractivity contribution in [1.82, 2.24) is 14.8 Å². The van der Waals surface area contributed by atoms with Gasteiger partial charge in [0.25, 0.3) is 5.91 Å². The number of rotatable bonds is 9. The van der Waals surface area contributed by atoms with E-state index in [4.69, 9.17) is 4.74 Å². The molecule has 1 amide bonds. The summed E-state index contributed by atoms with van der Waals surface area (Å²) in [6, 6.07) is 26.9. The number of para-hydroxylation sites is 2. The smallest absolute Gasteiger partial charge is 0.316 e. The predicted octanol–water partition coefficient (Wildman–Crippen LogP) is 4.93. The summed E-state index contributed by atoms with van der Waals surface area (Å²) in [5.74, 6) is -0.232. The van der Waals surface area contributed by atoms with Crippen molar-refractivity contribution < 1.29 is 14.3 Å². The Bertz CT molecular complexity index is 1260. The van der Waals surface area contributed by atoms with E-state index in [2.05, 4.69) is 15.5 Å². The highest BCUT2D eigenvalue weighted by atomic mass is 32.2. The summed E-state index contributed by atoms with van der Waals surface area (Å²) in [4.78, 5) is 25.5. The van der Waals surface area contributed by atoms with Gasteiger partial charge in [0, 0.05) is 16.1 Å². The molecule has 9 heteroatoms. The lowest BCUT2D eigenvalue weighted by Gasteiger charge is -2.11. The molecule has 4 aromatic rings. The summed E-state index contributed by atoms with van der Waals surface area (Å²) in [5, 5.41) is 12.0. The number of benzene rings is 3. The maximum absolute atomic E-state index is 12.3. The summed E-state index contributed by atoms with van der Waals surface area (Å²) < 4.78 is 7.07. The van der Waals surface area contributed by atoms with Gasteiger partial charge in [-0.1, -0.05) is 72.4 Å². The van der Waals surface area contributed by atoms with E-state index in [9.17, 15) is 9.59 Å². The van der Waals surface area contributed by atoms with Gasteiger partial charge in [0.15, 0.2) is 17.6 Å². The standard InChI is InChI=1S/C25H22N4O3S2/c1-33-21-15-9-8-14-20(21)26-22(30)16-32-23(31)17-34-25-28-27-24(18-10-4-2-5-11-18)29(25)19-12-6-3-7-13-19/h2-15H,16-17H2,1H3,(H,26,30). The quantitative estimate of drug-likeness (QED) is 0.263. The monoisotopic (exact) mass is 490 g/mol. The Kier molecular flexibility index (Phi) is 8.00. The van der Waals surface area contributed by atoms with E-state index in [-0.39, 0.29) is 12.4 Å². The maximum Gasteiger partial charge on any atom is 0.316 e.